The third kappa shape index (κ3) is 4.08. The molecular weight excluding hydrogens is 261 g/mol. The van der Waals surface area contributed by atoms with Crippen LogP contribution in [-0.2, 0) is 15.7 Å². The molecule has 19 heavy (non-hydrogen) atoms. The summed E-state index contributed by atoms with van der Waals surface area (Å²) in [5.41, 5.74) is -0.949. The van der Waals surface area contributed by atoms with Gasteiger partial charge in [0.15, 0.2) is 5.78 Å². The number of ether oxygens (including phenoxy) is 1. The first-order valence-corrected chi connectivity index (χ1v) is 5.54. The van der Waals surface area contributed by atoms with Crippen LogP contribution in [0.25, 0.3) is 0 Å². The van der Waals surface area contributed by atoms with Crippen LogP contribution in [0.1, 0.15) is 29.3 Å². The third-order valence-corrected chi connectivity index (χ3v) is 2.62. The van der Waals surface area contributed by atoms with Crippen LogP contribution in [0.5, 0.6) is 0 Å². The number of hydrogen-bond donors (Lipinski definition) is 0. The van der Waals surface area contributed by atoms with Gasteiger partial charge in [0, 0.05) is 11.5 Å². The number of rotatable bonds is 4. The van der Waals surface area contributed by atoms with E-state index in [2.05, 4.69) is 4.74 Å². The lowest BCUT2D eigenvalue weighted by Gasteiger charge is -2.11. The highest BCUT2D eigenvalue weighted by Gasteiger charge is 2.31. The van der Waals surface area contributed by atoms with Crippen LogP contribution in [0.3, 0.4) is 0 Å². The standard InChI is InChI=1S/C13H13F3O3/c1-8(6-11(17)19-2)12(18)9-4-3-5-10(7-9)13(14,15)16/h3-5,7-8H,6H2,1-2H3. The molecule has 6 heteroatoms. The van der Waals surface area contributed by atoms with Crippen LogP contribution in [0.2, 0.25) is 0 Å². The minimum absolute atomic E-state index is 0.0637. The Labute approximate surface area is 108 Å². The fraction of sp³-hybridized carbons (Fsp3) is 0.385. The fourth-order valence-electron chi connectivity index (χ4n) is 1.56. The highest BCUT2D eigenvalue weighted by atomic mass is 19.4. The first-order chi connectivity index (χ1) is 8.75. The first kappa shape index (κ1) is 15.2. The van der Waals surface area contributed by atoms with Crippen molar-refractivity contribution in [2.45, 2.75) is 19.5 Å². The van der Waals surface area contributed by atoms with Gasteiger partial charge in [0.1, 0.15) is 0 Å². The molecule has 1 rings (SSSR count). The minimum Gasteiger partial charge on any atom is -0.469 e. The number of Topliss-reactive ketones (excluding diaryl/α,β-unsaturated/α-hetero) is 1. The van der Waals surface area contributed by atoms with E-state index >= 15 is 0 Å². The van der Waals surface area contributed by atoms with E-state index in [4.69, 9.17) is 0 Å². The molecule has 104 valence electrons. The van der Waals surface area contributed by atoms with Gasteiger partial charge in [0.05, 0.1) is 19.1 Å². The van der Waals surface area contributed by atoms with Crippen LogP contribution in [0.15, 0.2) is 24.3 Å². The van der Waals surface area contributed by atoms with Gasteiger partial charge in [0.25, 0.3) is 0 Å². The molecule has 0 radical (unpaired) electrons. The second kappa shape index (κ2) is 5.86. The van der Waals surface area contributed by atoms with Gasteiger partial charge in [-0.2, -0.15) is 13.2 Å². The molecule has 0 amide bonds. The van der Waals surface area contributed by atoms with Crippen molar-refractivity contribution in [2.75, 3.05) is 7.11 Å². The Balaban J connectivity index is 2.91. The van der Waals surface area contributed by atoms with Crippen LogP contribution in [0.4, 0.5) is 13.2 Å². The maximum absolute atomic E-state index is 12.5. The molecule has 0 N–H and O–H groups in total. The number of carbonyl (C=O) groups is 2. The van der Waals surface area contributed by atoms with Gasteiger partial charge < -0.3 is 4.74 Å². The van der Waals surface area contributed by atoms with E-state index in [0.717, 1.165) is 12.1 Å². The summed E-state index contributed by atoms with van der Waals surface area (Å²) in [7, 11) is 1.18. The van der Waals surface area contributed by atoms with Gasteiger partial charge in [0.2, 0.25) is 0 Å². The van der Waals surface area contributed by atoms with Crippen LogP contribution < -0.4 is 0 Å². The van der Waals surface area contributed by atoms with E-state index in [1.807, 2.05) is 0 Å². The maximum atomic E-state index is 12.5. The Morgan fingerprint density at radius 3 is 2.47 bits per heavy atom. The zero-order valence-corrected chi connectivity index (χ0v) is 10.5. The number of carbonyl (C=O) groups excluding carboxylic acids is 2. The van der Waals surface area contributed by atoms with Gasteiger partial charge in [-0.3, -0.25) is 9.59 Å². The lowest BCUT2D eigenvalue weighted by atomic mass is 9.95. The van der Waals surface area contributed by atoms with E-state index in [0.29, 0.717) is 0 Å². The molecule has 0 saturated heterocycles. The van der Waals surface area contributed by atoms with E-state index in [9.17, 15) is 22.8 Å². The molecule has 0 saturated carbocycles. The SMILES string of the molecule is COC(=O)CC(C)C(=O)c1cccc(C(F)(F)F)c1. The van der Waals surface area contributed by atoms with Crippen molar-refractivity contribution in [3.63, 3.8) is 0 Å². The predicted molar refractivity (Wildman–Crippen MR) is 61.6 cm³/mol. The molecule has 0 aliphatic carbocycles. The molecule has 1 atom stereocenters. The van der Waals surface area contributed by atoms with Crippen LogP contribution in [-0.4, -0.2) is 18.9 Å². The molecule has 0 aliphatic heterocycles. The lowest BCUT2D eigenvalue weighted by Crippen LogP contribution is -2.17. The molecule has 1 aromatic carbocycles. The average Bonchev–Trinajstić information content (AvgIpc) is 2.36. The zero-order valence-electron chi connectivity index (χ0n) is 10.5. The van der Waals surface area contributed by atoms with Gasteiger partial charge in [-0.05, 0) is 12.1 Å². The van der Waals surface area contributed by atoms with Gasteiger partial charge in [-0.15, -0.1) is 0 Å². The molecule has 0 fully saturated rings. The van der Waals surface area contributed by atoms with Crippen molar-refractivity contribution >= 4 is 11.8 Å². The minimum atomic E-state index is -4.50. The van der Waals surface area contributed by atoms with Crippen molar-refractivity contribution in [2.24, 2.45) is 5.92 Å². The van der Waals surface area contributed by atoms with E-state index in [1.54, 1.807) is 0 Å². The Morgan fingerprint density at radius 2 is 1.95 bits per heavy atom. The van der Waals surface area contributed by atoms with E-state index in [1.165, 1.54) is 26.2 Å². The Hall–Kier alpha value is -1.85. The topological polar surface area (TPSA) is 43.4 Å². The molecule has 1 unspecified atom stereocenters. The summed E-state index contributed by atoms with van der Waals surface area (Å²) < 4.78 is 41.9. The summed E-state index contributed by atoms with van der Waals surface area (Å²) >= 11 is 0. The third-order valence-electron chi connectivity index (χ3n) is 2.62. The van der Waals surface area contributed by atoms with Crippen molar-refractivity contribution in [3.05, 3.63) is 35.4 Å². The van der Waals surface area contributed by atoms with Crippen molar-refractivity contribution in [3.8, 4) is 0 Å². The predicted octanol–water partition coefficient (Wildman–Crippen LogP) is 3.09. The molecule has 0 bridgehead atoms. The largest absolute Gasteiger partial charge is 0.469 e. The van der Waals surface area contributed by atoms with Gasteiger partial charge in [-0.1, -0.05) is 19.1 Å². The Kier molecular flexibility index (Phi) is 4.69. The number of halogens is 3. The van der Waals surface area contributed by atoms with Crippen LogP contribution in [0, 0.1) is 5.92 Å². The van der Waals surface area contributed by atoms with Gasteiger partial charge >= 0.3 is 12.1 Å². The van der Waals surface area contributed by atoms with Crippen molar-refractivity contribution in [1.82, 2.24) is 0 Å². The summed E-state index contributed by atoms with van der Waals surface area (Å²) in [6.07, 6.45) is -4.66. The molecule has 0 heterocycles. The average molecular weight is 274 g/mol. The molecule has 1 aromatic rings. The Bertz CT molecular complexity index is 480. The van der Waals surface area contributed by atoms with Crippen molar-refractivity contribution < 1.29 is 27.5 Å². The zero-order chi connectivity index (χ0) is 14.6. The second-order valence-corrected chi connectivity index (χ2v) is 4.12. The number of hydrogen-bond acceptors (Lipinski definition) is 3. The summed E-state index contributed by atoms with van der Waals surface area (Å²) in [6, 6.07) is 4.14. The second-order valence-electron chi connectivity index (χ2n) is 4.12. The number of methoxy groups -OCH3 is 1. The smallest absolute Gasteiger partial charge is 0.416 e. The highest BCUT2D eigenvalue weighted by Crippen LogP contribution is 2.30. The van der Waals surface area contributed by atoms with E-state index in [-0.39, 0.29) is 12.0 Å². The summed E-state index contributed by atoms with van der Waals surface area (Å²) in [5.74, 6) is -1.82. The molecule has 0 aromatic heterocycles. The fourth-order valence-corrected chi connectivity index (χ4v) is 1.56. The normalized spacial score (nSPS) is 12.9. The summed E-state index contributed by atoms with van der Waals surface area (Å²) in [5, 5.41) is 0. The number of alkyl halides is 3. The Morgan fingerprint density at radius 1 is 1.32 bits per heavy atom. The highest BCUT2D eigenvalue weighted by molar-refractivity contribution is 5.99. The van der Waals surface area contributed by atoms with E-state index < -0.39 is 29.4 Å². The molecule has 0 aliphatic rings. The number of esters is 1. The molecular formula is C13H13F3O3. The number of ketones is 1. The first-order valence-electron chi connectivity index (χ1n) is 5.54. The monoisotopic (exact) mass is 274 g/mol. The lowest BCUT2D eigenvalue weighted by molar-refractivity contribution is -0.141. The molecule has 3 nitrogen and oxygen atoms in total. The van der Waals surface area contributed by atoms with Crippen molar-refractivity contribution in [1.29, 1.82) is 0 Å². The maximum Gasteiger partial charge on any atom is 0.416 e. The summed E-state index contributed by atoms with van der Waals surface area (Å²) in [4.78, 5) is 22.9. The molecule has 0 spiro atoms. The number of benzene rings is 1. The quantitative estimate of drug-likeness (QED) is 0.626. The van der Waals surface area contributed by atoms with Crippen LogP contribution >= 0.6 is 0 Å². The van der Waals surface area contributed by atoms with Gasteiger partial charge in [-0.25, -0.2) is 0 Å². The summed E-state index contributed by atoms with van der Waals surface area (Å²) in [6.45, 7) is 1.47.